The van der Waals surface area contributed by atoms with Crippen LogP contribution in [0.1, 0.15) is 41.0 Å². The number of hydrogen-bond acceptors (Lipinski definition) is 4. The summed E-state index contributed by atoms with van der Waals surface area (Å²) in [6.45, 7) is 9.05. The highest BCUT2D eigenvalue weighted by Gasteiger charge is 2.29. The molecule has 6 nitrogen and oxygen atoms in total. The van der Waals surface area contributed by atoms with Crippen molar-refractivity contribution in [2.24, 2.45) is 5.92 Å². The minimum atomic E-state index is -3.91. The second-order valence-electron chi connectivity index (χ2n) is 6.95. The highest BCUT2D eigenvalue weighted by atomic mass is 79.9. The first-order chi connectivity index (χ1) is 10.9. The maximum absolute atomic E-state index is 12.3. The maximum Gasteiger partial charge on any atom is 0.324 e. The van der Waals surface area contributed by atoms with E-state index in [1.54, 1.807) is 45.0 Å². The number of carbonyl (C=O) groups is 1. The van der Waals surface area contributed by atoms with Crippen molar-refractivity contribution in [1.82, 2.24) is 4.72 Å². The smallest absolute Gasteiger partial charge is 0.324 e. The molecule has 0 aromatic heterocycles. The van der Waals surface area contributed by atoms with Gasteiger partial charge in [0.2, 0.25) is 0 Å². The van der Waals surface area contributed by atoms with Crippen molar-refractivity contribution in [3.8, 4) is 0 Å². The molecule has 1 aromatic carbocycles. The third-order valence-corrected chi connectivity index (χ3v) is 4.42. The fourth-order valence-corrected chi connectivity index (χ4v) is 3.26. The van der Waals surface area contributed by atoms with E-state index in [-0.39, 0.29) is 5.92 Å². The summed E-state index contributed by atoms with van der Waals surface area (Å²) in [4.78, 5) is 12.3. The van der Waals surface area contributed by atoms with Crippen LogP contribution in [-0.2, 0) is 19.7 Å². The predicted molar refractivity (Wildman–Crippen MR) is 98.9 cm³/mol. The Bertz CT molecular complexity index is 652. The van der Waals surface area contributed by atoms with Gasteiger partial charge in [0, 0.05) is 10.2 Å². The molecule has 0 radical (unpaired) electrons. The Balaban J connectivity index is 2.87. The summed E-state index contributed by atoms with van der Waals surface area (Å²) in [6, 6.07) is 5.73. The molecular formula is C16H25BrN2O4S. The zero-order valence-corrected chi connectivity index (χ0v) is 17.0. The molecule has 2 N–H and O–H groups in total. The summed E-state index contributed by atoms with van der Waals surface area (Å²) in [5.74, 6) is -0.463. The normalized spacial score (nSPS) is 13.6. The first-order valence-electron chi connectivity index (χ1n) is 7.66. The molecule has 1 rings (SSSR count). The number of benzene rings is 1. The first kappa shape index (κ1) is 20.9. The molecule has 0 saturated carbocycles. The number of halogens is 1. The molecule has 1 atom stereocenters. The van der Waals surface area contributed by atoms with Crippen LogP contribution >= 0.6 is 15.9 Å². The van der Waals surface area contributed by atoms with Gasteiger partial charge in [-0.2, -0.15) is 13.1 Å². The lowest BCUT2D eigenvalue weighted by atomic mass is 10.0. The minimum absolute atomic E-state index is 0.123. The Kier molecular flexibility index (Phi) is 7.25. The van der Waals surface area contributed by atoms with Gasteiger partial charge in [-0.25, -0.2) is 0 Å². The summed E-state index contributed by atoms with van der Waals surface area (Å²) < 4.78 is 35.5. The average molecular weight is 421 g/mol. The molecule has 0 unspecified atom stereocenters. The van der Waals surface area contributed by atoms with E-state index >= 15 is 0 Å². The van der Waals surface area contributed by atoms with Gasteiger partial charge in [-0.1, -0.05) is 29.8 Å². The van der Waals surface area contributed by atoms with Crippen molar-refractivity contribution in [3.05, 3.63) is 28.7 Å². The topological polar surface area (TPSA) is 84.5 Å². The molecule has 0 aliphatic heterocycles. The number of hydrogen-bond donors (Lipinski definition) is 2. The molecule has 0 spiro atoms. The van der Waals surface area contributed by atoms with Crippen molar-refractivity contribution in [3.63, 3.8) is 0 Å². The van der Waals surface area contributed by atoms with Crippen molar-refractivity contribution in [2.75, 3.05) is 4.72 Å². The number of nitrogens with one attached hydrogen (secondary N) is 2. The van der Waals surface area contributed by atoms with E-state index in [0.29, 0.717) is 12.1 Å². The molecule has 0 amide bonds. The average Bonchev–Trinajstić information content (AvgIpc) is 2.37. The number of esters is 1. The van der Waals surface area contributed by atoms with E-state index < -0.39 is 27.8 Å². The van der Waals surface area contributed by atoms with Crippen LogP contribution in [0.25, 0.3) is 0 Å². The van der Waals surface area contributed by atoms with Gasteiger partial charge in [0.15, 0.2) is 0 Å². The van der Waals surface area contributed by atoms with Gasteiger partial charge in [0.05, 0.1) is 0 Å². The highest BCUT2D eigenvalue weighted by Crippen LogP contribution is 2.17. The van der Waals surface area contributed by atoms with E-state index in [4.69, 9.17) is 4.74 Å². The Morgan fingerprint density at radius 2 is 1.75 bits per heavy atom. The van der Waals surface area contributed by atoms with Gasteiger partial charge in [0.25, 0.3) is 10.2 Å². The third kappa shape index (κ3) is 8.12. The van der Waals surface area contributed by atoms with Gasteiger partial charge in [-0.05, 0) is 57.4 Å². The van der Waals surface area contributed by atoms with E-state index in [1.807, 2.05) is 13.8 Å². The molecule has 24 heavy (non-hydrogen) atoms. The molecule has 0 fully saturated rings. The van der Waals surface area contributed by atoms with Gasteiger partial charge in [0.1, 0.15) is 11.6 Å². The largest absolute Gasteiger partial charge is 0.459 e. The van der Waals surface area contributed by atoms with Crippen LogP contribution in [0, 0.1) is 5.92 Å². The fraction of sp³-hybridized carbons (Fsp3) is 0.562. The summed E-state index contributed by atoms with van der Waals surface area (Å²) >= 11 is 3.29. The lowest BCUT2D eigenvalue weighted by Gasteiger charge is -2.25. The van der Waals surface area contributed by atoms with Crippen LogP contribution in [0.5, 0.6) is 0 Å². The Hall–Kier alpha value is -1.12. The first-order valence-corrected chi connectivity index (χ1v) is 9.94. The van der Waals surface area contributed by atoms with Gasteiger partial charge in [-0.3, -0.25) is 9.52 Å². The van der Waals surface area contributed by atoms with Crippen LogP contribution in [0.3, 0.4) is 0 Å². The summed E-state index contributed by atoms with van der Waals surface area (Å²) in [7, 11) is -3.91. The Morgan fingerprint density at radius 3 is 2.21 bits per heavy atom. The maximum atomic E-state index is 12.3. The predicted octanol–water partition coefficient (Wildman–Crippen LogP) is 3.45. The van der Waals surface area contributed by atoms with Crippen LogP contribution in [-0.4, -0.2) is 26.0 Å². The SMILES string of the molecule is CC(C)C[C@H](NS(=O)(=O)Nc1ccc(Br)cc1)C(=O)OC(C)(C)C. The van der Waals surface area contributed by atoms with Crippen molar-refractivity contribution in [1.29, 1.82) is 0 Å². The van der Waals surface area contributed by atoms with Gasteiger partial charge in [-0.15, -0.1) is 0 Å². The second-order valence-corrected chi connectivity index (χ2v) is 9.31. The van der Waals surface area contributed by atoms with Crippen molar-refractivity contribution >= 4 is 37.8 Å². The monoisotopic (exact) mass is 420 g/mol. The Morgan fingerprint density at radius 1 is 1.21 bits per heavy atom. The zero-order chi connectivity index (χ0) is 18.5. The van der Waals surface area contributed by atoms with Crippen LogP contribution in [0.4, 0.5) is 5.69 Å². The summed E-state index contributed by atoms with van der Waals surface area (Å²) in [6.07, 6.45) is 0.343. The zero-order valence-electron chi connectivity index (χ0n) is 14.6. The molecule has 0 heterocycles. The molecule has 8 heteroatoms. The van der Waals surface area contributed by atoms with Crippen LogP contribution < -0.4 is 9.44 Å². The van der Waals surface area contributed by atoms with E-state index in [2.05, 4.69) is 25.4 Å². The quantitative estimate of drug-likeness (QED) is 0.661. The van der Waals surface area contributed by atoms with Crippen LogP contribution in [0.2, 0.25) is 0 Å². The van der Waals surface area contributed by atoms with Crippen LogP contribution in [0.15, 0.2) is 28.7 Å². The standard InChI is InChI=1S/C16H25BrN2O4S/c1-11(2)10-14(15(20)23-16(3,4)5)19-24(21,22)18-13-8-6-12(17)7-9-13/h6-9,11,14,18-19H,10H2,1-5H3/t14-/m0/s1. The second kappa shape index (κ2) is 8.31. The van der Waals surface area contributed by atoms with Crippen molar-refractivity contribution < 1.29 is 17.9 Å². The van der Waals surface area contributed by atoms with E-state index in [9.17, 15) is 13.2 Å². The molecule has 0 bridgehead atoms. The summed E-state index contributed by atoms with van der Waals surface area (Å²) in [5.41, 5.74) is -0.283. The van der Waals surface area contributed by atoms with Crippen molar-refractivity contribution in [2.45, 2.75) is 52.7 Å². The minimum Gasteiger partial charge on any atom is -0.459 e. The molecule has 0 aliphatic carbocycles. The summed E-state index contributed by atoms with van der Waals surface area (Å²) in [5, 5.41) is 0. The highest BCUT2D eigenvalue weighted by molar-refractivity contribution is 9.10. The number of carbonyl (C=O) groups excluding carboxylic acids is 1. The van der Waals surface area contributed by atoms with E-state index in [1.165, 1.54) is 0 Å². The fourth-order valence-electron chi connectivity index (χ4n) is 1.93. The van der Waals surface area contributed by atoms with Gasteiger partial charge >= 0.3 is 5.97 Å². The Labute approximate surface area is 152 Å². The van der Waals surface area contributed by atoms with E-state index in [0.717, 1.165) is 4.47 Å². The molecular weight excluding hydrogens is 396 g/mol. The van der Waals surface area contributed by atoms with Gasteiger partial charge < -0.3 is 4.74 Å². The lowest BCUT2D eigenvalue weighted by Crippen LogP contribution is -2.46. The molecule has 0 aliphatic rings. The molecule has 1 aromatic rings. The third-order valence-electron chi connectivity index (χ3n) is 2.79. The lowest BCUT2D eigenvalue weighted by molar-refractivity contribution is -0.157. The molecule has 0 saturated heterocycles. The number of ether oxygens (including phenoxy) is 1. The molecule has 136 valence electrons. The number of rotatable bonds is 7. The number of anilines is 1.